The van der Waals surface area contributed by atoms with Crippen molar-refractivity contribution >= 4 is 30.1 Å². The van der Waals surface area contributed by atoms with E-state index in [1.54, 1.807) is 19.1 Å². The molecule has 0 bridgehead atoms. The van der Waals surface area contributed by atoms with Crippen LogP contribution in [0, 0.1) is 11.7 Å². The van der Waals surface area contributed by atoms with Crippen LogP contribution >= 0.6 is 12.2 Å². The maximum atomic E-state index is 12.9. The van der Waals surface area contributed by atoms with E-state index < -0.39 is 23.4 Å². The maximum absolute atomic E-state index is 12.9. The van der Waals surface area contributed by atoms with Crippen LogP contribution in [0.5, 0.6) is 0 Å². The number of amides is 4. The smallest absolute Gasteiger partial charge is 0.325 e. The second-order valence-corrected chi connectivity index (χ2v) is 8.02. The number of nitrogens with one attached hydrogen (secondary N) is 3. The van der Waals surface area contributed by atoms with E-state index in [1.165, 1.54) is 0 Å². The largest absolute Gasteiger partial charge is 0.347 e. The van der Waals surface area contributed by atoms with Gasteiger partial charge in [-0.3, -0.25) is 24.2 Å². The van der Waals surface area contributed by atoms with Crippen molar-refractivity contribution in [2.45, 2.75) is 44.8 Å². The lowest BCUT2D eigenvalue weighted by Crippen LogP contribution is -2.43. The Morgan fingerprint density at radius 2 is 2.00 bits per heavy atom. The highest BCUT2D eigenvalue weighted by molar-refractivity contribution is 7.71. The molecule has 1 atom stereocenters. The summed E-state index contributed by atoms with van der Waals surface area (Å²) in [5.41, 5.74) is 0.526. The Morgan fingerprint density at radius 1 is 1.31 bits per heavy atom. The normalized spacial score (nSPS) is 21.4. The average Bonchev–Trinajstić information content (AvgIpc) is 3.41. The summed E-state index contributed by atoms with van der Waals surface area (Å²) in [6.07, 6.45) is 2.07. The monoisotopic (exact) mass is 414 g/mol. The Bertz CT molecular complexity index is 1040. The van der Waals surface area contributed by atoms with Crippen LogP contribution < -0.4 is 10.6 Å². The fraction of sp³-hybridized carbons (Fsp3) is 0.421. The Balaban J connectivity index is 1.42. The summed E-state index contributed by atoms with van der Waals surface area (Å²) in [6, 6.07) is 7.10. The number of hydrogen-bond acceptors (Lipinski definition) is 5. The van der Waals surface area contributed by atoms with Gasteiger partial charge in [0, 0.05) is 6.04 Å². The van der Waals surface area contributed by atoms with E-state index in [2.05, 4.69) is 20.8 Å². The number of imide groups is 1. The molecule has 1 unspecified atom stereocenters. The molecule has 1 aliphatic carbocycles. The third-order valence-electron chi connectivity index (χ3n) is 5.34. The molecule has 152 valence electrons. The van der Waals surface area contributed by atoms with E-state index in [0.717, 1.165) is 23.3 Å². The highest BCUT2D eigenvalue weighted by Gasteiger charge is 2.49. The minimum Gasteiger partial charge on any atom is -0.347 e. The predicted molar refractivity (Wildman–Crippen MR) is 106 cm³/mol. The summed E-state index contributed by atoms with van der Waals surface area (Å²) in [4.78, 5) is 38.6. The van der Waals surface area contributed by atoms with Crippen LogP contribution in [-0.2, 0) is 21.7 Å². The number of nitrogens with zero attached hydrogens (tertiary/aromatic N) is 3. The zero-order valence-electron chi connectivity index (χ0n) is 16.2. The predicted octanol–water partition coefficient (Wildman–Crippen LogP) is 1.67. The third-order valence-corrected chi connectivity index (χ3v) is 5.63. The number of H-pyrrole nitrogens is 1. The highest BCUT2D eigenvalue weighted by atomic mass is 32.1. The van der Waals surface area contributed by atoms with E-state index in [0.29, 0.717) is 22.2 Å². The zero-order chi connectivity index (χ0) is 20.8. The number of aryl methyl sites for hydroxylation is 1. The molecule has 2 aromatic rings. The quantitative estimate of drug-likeness (QED) is 0.492. The van der Waals surface area contributed by atoms with Crippen LogP contribution in [0.25, 0.3) is 0 Å². The van der Waals surface area contributed by atoms with Gasteiger partial charge in [0.2, 0.25) is 5.91 Å². The van der Waals surface area contributed by atoms with Crippen molar-refractivity contribution in [3.8, 4) is 0 Å². The number of aromatic amines is 1. The molecule has 3 N–H and O–H groups in total. The summed E-state index contributed by atoms with van der Waals surface area (Å²) in [7, 11) is 0. The molecule has 1 aliphatic heterocycles. The van der Waals surface area contributed by atoms with Crippen molar-refractivity contribution < 1.29 is 14.4 Å². The molecular formula is C19H22N6O3S. The lowest BCUT2D eigenvalue weighted by molar-refractivity contribution is -0.134. The van der Waals surface area contributed by atoms with Crippen LogP contribution in [0.15, 0.2) is 24.3 Å². The molecular weight excluding hydrogens is 392 g/mol. The number of hydrogen-bond donors (Lipinski definition) is 3. The van der Waals surface area contributed by atoms with Gasteiger partial charge in [-0.1, -0.05) is 29.8 Å². The van der Waals surface area contributed by atoms with Gasteiger partial charge in [0.05, 0.1) is 6.54 Å². The van der Waals surface area contributed by atoms with Crippen molar-refractivity contribution in [3.63, 3.8) is 0 Å². The Morgan fingerprint density at radius 3 is 2.66 bits per heavy atom. The minimum absolute atomic E-state index is 0.168. The van der Waals surface area contributed by atoms with Crippen molar-refractivity contribution in [2.24, 2.45) is 0 Å². The number of benzene rings is 1. The summed E-state index contributed by atoms with van der Waals surface area (Å²) < 4.78 is 2.43. The first-order chi connectivity index (χ1) is 13.8. The van der Waals surface area contributed by atoms with Gasteiger partial charge in [-0.25, -0.2) is 4.79 Å². The molecule has 2 fully saturated rings. The zero-order valence-corrected chi connectivity index (χ0v) is 17.0. The van der Waals surface area contributed by atoms with Gasteiger partial charge in [0.25, 0.3) is 5.91 Å². The molecule has 10 heteroatoms. The lowest BCUT2D eigenvalue weighted by Gasteiger charge is -2.22. The molecule has 1 saturated carbocycles. The molecule has 2 aliphatic rings. The molecule has 9 nitrogen and oxygen atoms in total. The molecule has 1 saturated heterocycles. The van der Waals surface area contributed by atoms with Crippen molar-refractivity contribution in [2.75, 3.05) is 6.54 Å². The van der Waals surface area contributed by atoms with E-state index in [4.69, 9.17) is 12.2 Å². The van der Waals surface area contributed by atoms with Crippen molar-refractivity contribution in [1.29, 1.82) is 0 Å². The Kier molecular flexibility index (Phi) is 4.73. The van der Waals surface area contributed by atoms with Gasteiger partial charge >= 0.3 is 6.03 Å². The summed E-state index contributed by atoms with van der Waals surface area (Å²) in [6.45, 7) is 3.39. The van der Waals surface area contributed by atoms with Gasteiger partial charge in [0.1, 0.15) is 12.1 Å². The van der Waals surface area contributed by atoms with Crippen molar-refractivity contribution in [1.82, 2.24) is 30.3 Å². The third kappa shape index (κ3) is 3.55. The fourth-order valence-electron chi connectivity index (χ4n) is 3.47. The second-order valence-electron chi connectivity index (χ2n) is 7.64. The second kappa shape index (κ2) is 7.11. The van der Waals surface area contributed by atoms with Crippen molar-refractivity contribution in [3.05, 3.63) is 46.0 Å². The molecule has 2 heterocycles. The fourth-order valence-corrected chi connectivity index (χ4v) is 3.77. The number of urea groups is 1. The van der Waals surface area contributed by atoms with Gasteiger partial charge in [-0.05, 0) is 44.5 Å². The Labute approximate surface area is 172 Å². The first kappa shape index (κ1) is 19.3. The Hall–Kier alpha value is -3.01. The van der Waals surface area contributed by atoms with E-state index in [9.17, 15) is 14.4 Å². The SMILES string of the molecule is Cc1ccc(C2(C)NC(=O)N(CC(=O)NCc3n[nH]c(=S)n3C3CC3)C2=O)cc1. The van der Waals surface area contributed by atoms with Gasteiger partial charge in [-0.15, -0.1) is 0 Å². The molecule has 4 amide bonds. The van der Waals surface area contributed by atoms with Gasteiger partial charge < -0.3 is 10.6 Å². The molecule has 0 radical (unpaired) electrons. The number of aromatic nitrogens is 3. The van der Waals surface area contributed by atoms with Crippen LogP contribution in [0.2, 0.25) is 0 Å². The summed E-state index contributed by atoms with van der Waals surface area (Å²) >= 11 is 5.22. The molecule has 1 aromatic heterocycles. The highest BCUT2D eigenvalue weighted by Crippen LogP contribution is 2.35. The maximum Gasteiger partial charge on any atom is 0.325 e. The van der Waals surface area contributed by atoms with Crippen LogP contribution in [0.3, 0.4) is 0 Å². The summed E-state index contributed by atoms with van der Waals surface area (Å²) in [5, 5.41) is 12.3. The summed E-state index contributed by atoms with van der Waals surface area (Å²) in [5.74, 6) is -0.271. The first-order valence-electron chi connectivity index (χ1n) is 9.43. The number of rotatable bonds is 6. The van der Waals surface area contributed by atoms with E-state index >= 15 is 0 Å². The topological polar surface area (TPSA) is 112 Å². The standard InChI is InChI=1S/C19H22N6O3S/c1-11-3-5-12(6-4-11)19(2)16(27)24(17(28)21-19)10-15(26)20-9-14-22-23-18(29)25(14)13-7-8-13/h3-6,13H,7-10H2,1-2H3,(H,20,26)(H,21,28)(H,23,29). The van der Waals surface area contributed by atoms with Crippen LogP contribution in [0.1, 0.15) is 42.8 Å². The van der Waals surface area contributed by atoms with Crippen LogP contribution in [0.4, 0.5) is 4.79 Å². The van der Waals surface area contributed by atoms with E-state index in [1.807, 2.05) is 23.6 Å². The molecule has 0 spiro atoms. The van der Waals surface area contributed by atoms with E-state index in [-0.39, 0.29) is 13.1 Å². The number of carbonyl (C=O) groups is 3. The molecule has 29 heavy (non-hydrogen) atoms. The molecule has 4 rings (SSSR count). The first-order valence-corrected chi connectivity index (χ1v) is 9.84. The molecule has 1 aromatic carbocycles. The number of carbonyl (C=O) groups excluding carboxylic acids is 3. The van der Waals surface area contributed by atoms with Gasteiger partial charge in [-0.2, -0.15) is 5.10 Å². The lowest BCUT2D eigenvalue weighted by atomic mass is 9.91. The average molecular weight is 414 g/mol. The van der Waals surface area contributed by atoms with Crippen LogP contribution in [-0.4, -0.2) is 44.1 Å². The van der Waals surface area contributed by atoms with Gasteiger partial charge in [0.15, 0.2) is 10.6 Å². The minimum atomic E-state index is -1.19.